The molecule has 1 atom stereocenters. The Bertz CT molecular complexity index is 737. The van der Waals surface area contributed by atoms with Crippen molar-refractivity contribution >= 4 is 16.9 Å². The van der Waals surface area contributed by atoms with Gasteiger partial charge in [0.15, 0.2) is 0 Å². The third-order valence-corrected chi connectivity index (χ3v) is 2.94. The second-order valence-corrected chi connectivity index (χ2v) is 4.22. The van der Waals surface area contributed by atoms with Gasteiger partial charge >= 0.3 is 12.1 Å². The zero-order valence-electron chi connectivity index (χ0n) is 10.2. The Morgan fingerprint density at radius 3 is 2.65 bits per heavy atom. The van der Waals surface area contributed by atoms with Gasteiger partial charge in [-0.25, -0.2) is 0 Å². The summed E-state index contributed by atoms with van der Waals surface area (Å²) in [5, 5.41) is 8.56. The third-order valence-electron chi connectivity index (χ3n) is 2.94. The van der Waals surface area contributed by atoms with Gasteiger partial charge in [-0.3, -0.25) is 14.6 Å². The molecule has 0 spiro atoms. The van der Waals surface area contributed by atoms with Crippen LogP contribution in [0.4, 0.5) is 13.2 Å². The van der Waals surface area contributed by atoms with Gasteiger partial charge in [-0.05, 0) is 13.0 Å². The van der Waals surface area contributed by atoms with Gasteiger partial charge in [-0.1, -0.05) is 0 Å². The maximum absolute atomic E-state index is 13.2. The van der Waals surface area contributed by atoms with Crippen LogP contribution in [0.1, 0.15) is 24.0 Å². The van der Waals surface area contributed by atoms with Crippen LogP contribution in [-0.4, -0.2) is 21.0 Å². The number of hydrogen-bond donors (Lipinski definition) is 2. The first-order chi connectivity index (χ1) is 9.23. The number of aliphatic carboxylic acids is 1. The third kappa shape index (κ3) is 2.24. The normalized spacial score (nSPS) is 13.4. The molecule has 8 heteroatoms. The molecule has 106 valence electrons. The SMILES string of the molecule is CC(C(=O)O)c1c(C(F)(F)F)c2cnccc2[nH]c1=O. The minimum atomic E-state index is -4.85. The van der Waals surface area contributed by atoms with Crippen molar-refractivity contribution in [2.75, 3.05) is 0 Å². The number of aromatic amines is 1. The molecule has 0 aromatic carbocycles. The molecule has 0 aliphatic rings. The van der Waals surface area contributed by atoms with E-state index in [1.165, 1.54) is 12.3 Å². The number of fused-ring (bicyclic) bond motifs is 1. The molecule has 2 rings (SSSR count). The van der Waals surface area contributed by atoms with Crippen LogP contribution in [-0.2, 0) is 11.0 Å². The van der Waals surface area contributed by atoms with Crippen LogP contribution in [0.3, 0.4) is 0 Å². The zero-order valence-corrected chi connectivity index (χ0v) is 10.2. The predicted molar refractivity (Wildman–Crippen MR) is 63.4 cm³/mol. The van der Waals surface area contributed by atoms with Crippen LogP contribution in [0.15, 0.2) is 23.3 Å². The number of H-pyrrole nitrogens is 1. The van der Waals surface area contributed by atoms with Gasteiger partial charge < -0.3 is 10.1 Å². The molecule has 20 heavy (non-hydrogen) atoms. The summed E-state index contributed by atoms with van der Waals surface area (Å²) in [7, 11) is 0. The number of carboxylic acids is 1. The number of carboxylic acid groups (broad SMARTS) is 1. The summed E-state index contributed by atoms with van der Waals surface area (Å²) >= 11 is 0. The lowest BCUT2D eigenvalue weighted by Gasteiger charge is -2.16. The van der Waals surface area contributed by atoms with E-state index >= 15 is 0 Å². The molecule has 2 heterocycles. The monoisotopic (exact) mass is 286 g/mol. The Kier molecular flexibility index (Phi) is 3.24. The van der Waals surface area contributed by atoms with E-state index in [2.05, 4.69) is 9.97 Å². The Labute approximate surface area is 110 Å². The Balaban J connectivity index is 2.96. The van der Waals surface area contributed by atoms with Crippen LogP contribution < -0.4 is 5.56 Å². The molecule has 2 N–H and O–H groups in total. The molecule has 0 bridgehead atoms. The van der Waals surface area contributed by atoms with E-state index in [1.807, 2.05) is 0 Å². The number of alkyl halides is 3. The summed E-state index contributed by atoms with van der Waals surface area (Å²) in [6.07, 6.45) is -2.67. The number of hydrogen-bond acceptors (Lipinski definition) is 3. The van der Waals surface area contributed by atoms with Crippen molar-refractivity contribution in [2.24, 2.45) is 0 Å². The van der Waals surface area contributed by atoms with Gasteiger partial charge in [0.25, 0.3) is 5.56 Å². The smallest absolute Gasteiger partial charge is 0.417 e. The molecule has 0 amide bonds. The second-order valence-electron chi connectivity index (χ2n) is 4.22. The van der Waals surface area contributed by atoms with Crippen LogP contribution in [0, 0.1) is 0 Å². The molecule has 0 radical (unpaired) electrons. The van der Waals surface area contributed by atoms with Crippen molar-refractivity contribution in [3.8, 4) is 0 Å². The number of rotatable bonds is 2. The van der Waals surface area contributed by atoms with E-state index < -0.39 is 34.7 Å². The van der Waals surface area contributed by atoms with Crippen LogP contribution in [0.25, 0.3) is 10.9 Å². The lowest BCUT2D eigenvalue weighted by molar-refractivity contribution is -0.140. The Hall–Kier alpha value is -2.38. The second kappa shape index (κ2) is 4.62. The first kappa shape index (κ1) is 14.0. The van der Waals surface area contributed by atoms with Gasteiger partial charge in [0.1, 0.15) is 0 Å². The highest BCUT2D eigenvalue weighted by atomic mass is 19.4. The molecular formula is C12H9F3N2O3. The van der Waals surface area contributed by atoms with Gasteiger partial charge in [0.05, 0.1) is 17.0 Å². The van der Waals surface area contributed by atoms with Crippen LogP contribution in [0.2, 0.25) is 0 Å². The van der Waals surface area contributed by atoms with E-state index in [0.29, 0.717) is 0 Å². The quantitative estimate of drug-likeness (QED) is 0.886. The first-order valence-corrected chi connectivity index (χ1v) is 5.53. The minimum Gasteiger partial charge on any atom is -0.481 e. The van der Waals surface area contributed by atoms with Crippen LogP contribution >= 0.6 is 0 Å². The Morgan fingerprint density at radius 1 is 1.45 bits per heavy atom. The fourth-order valence-corrected chi connectivity index (χ4v) is 1.99. The van der Waals surface area contributed by atoms with E-state index in [1.54, 1.807) is 0 Å². The number of carbonyl (C=O) groups is 1. The highest BCUT2D eigenvalue weighted by Gasteiger charge is 2.39. The lowest BCUT2D eigenvalue weighted by atomic mass is 9.94. The molecule has 2 aromatic rings. The molecule has 0 saturated heterocycles. The van der Waals surface area contributed by atoms with Gasteiger partial charge in [-0.2, -0.15) is 13.2 Å². The van der Waals surface area contributed by atoms with Crippen molar-refractivity contribution in [2.45, 2.75) is 19.0 Å². The van der Waals surface area contributed by atoms with E-state index in [4.69, 9.17) is 5.11 Å². The van der Waals surface area contributed by atoms with E-state index in [-0.39, 0.29) is 10.9 Å². The fraction of sp³-hybridized carbons (Fsp3) is 0.250. The summed E-state index contributed by atoms with van der Waals surface area (Å²) in [6, 6.07) is 1.22. The maximum atomic E-state index is 13.2. The molecular weight excluding hydrogens is 277 g/mol. The molecule has 0 saturated carbocycles. The van der Waals surface area contributed by atoms with Gasteiger partial charge in [0, 0.05) is 23.3 Å². The molecule has 2 aromatic heterocycles. The summed E-state index contributed by atoms with van der Waals surface area (Å²) < 4.78 is 39.6. The van der Waals surface area contributed by atoms with E-state index in [0.717, 1.165) is 13.1 Å². The minimum absolute atomic E-state index is 0.0429. The van der Waals surface area contributed by atoms with Gasteiger partial charge in [0.2, 0.25) is 0 Å². The molecule has 0 aliphatic heterocycles. The standard InChI is InChI=1S/C12H9F3N2O3/c1-5(11(19)20)8-9(12(13,14)15)6-4-16-3-2-7(6)17-10(8)18/h2-5H,1H3,(H,17,18)(H,19,20). The first-order valence-electron chi connectivity index (χ1n) is 5.53. The van der Waals surface area contributed by atoms with Crippen molar-refractivity contribution in [3.63, 3.8) is 0 Å². The number of aromatic nitrogens is 2. The van der Waals surface area contributed by atoms with Crippen molar-refractivity contribution in [3.05, 3.63) is 39.9 Å². The fourth-order valence-electron chi connectivity index (χ4n) is 1.99. The van der Waals surface area contributed by atoms with E-state index in [9.17, 15) is 22.8 Å². The summed E-state index contributed by atoms with van der Waals surface area (Å²) in [5.41, 5.74) is -3.17. The summed E-state index contributed by atoms with van der Waals surface area (Å²) in [5.74, 6) is -3.09. The van der Waals surface area contributed by atoms with Crippen molar-refractivity contribution in [1.82, 2.24) is 9.97 Å². The average molecular weight is 286 g/mol. The largest absolute Gasteiger partial charge is 0.481 e. The summed E-state index contributed by atoms with van der Waals surface area (Å²) in [6.45, 7) is 1.03. The number of halogens is 3. The molecule has 0 fully saturated rings. The van der Waals surface area contributed by atoms with Crippen LogP contribution in [0.5, 0.6) is 0 Å². The highest BCUT2D eigenvalue weighted by molar-refractivity contribution is 5.85. The number of nitrogens with zero attached hydrogens (tertiary/aromatic N) is 1. The topological polar surface area (TPSA) is 83.0 Å². The Morgan fingerprint density at radius 2 is 2.10 bits per heavy atom. The lowest BCUT2D eigenvalue weighted by Crippen LogP contribution is -2.26. The number of nitrogens with one attached hydrogen (secondary N) is 1. The average Bonchev–Trinajstić information content (AvgIpc) is 2.34. The predicted octanol–water partition coefficient (Wildman–Crippen LogP) is 2.13. The van der Waals surface area contributed by atoms with Crippen molar-refractivity contribution in [1.29, 1.82) is 0 Å². The molecule has 0 aliphatic carbocycles. The van der Waals surface area contributed by atoms with Gasteiger partial charge in [-0.15, -0.1) is 0 Å². The van der Waals surface area contributed by atoms with Crippen molar-refractivity contribution < 1.29 is 23.1 Å². The maximum Gasteiger partial charge on any atom is 0.417 e. The number of pyridine rings is 2. The zero-order chi connectivity index (χ0) is 15.1. The summed E-state index contributed by atoms with van der Waals surface area (Å²) in [4.78, 5) is 28.6. The highest BCUT2D eigenvalue weighted by Crippen LogP contribution is 2.37. The molecule has 1 unspecified atom stereocenters. The molecule has 5 nitrogen and oxygen atoms in total.